The molecular formula is C10H5BrN2O2S. The number of hydrogen-bond acceptors (Lipinski definition) is 4. The monoisotopic (exact) mass is 296 g/mol. The number of benzene rings is 1. The van der Waals surface area contributed by atoms with Crippen molar-refractivity contribution in [3.8, 4) is 11.7 Å². The molecule has 0 saturated carbocycles. The lowest BCUT2D eigenvalue weighted by atomic mass is 10.2. The van der Waals surface area contributed by atoms with Crippen molar-refractivity contribution in [3.05, 3.63) is 33.6 Å². The largest absolute Gasteiger partial charge is 0.451 e. The van der Waals surface area contributed by atoms with Crippen LogP contribution in [0.15, 0.2) is 37.6 Å². The van der Waals surface area contributed by atoms with Crippen molar-refractivity contribution in [2.24, 2.45) is 0 Å². The first kappa shape index (κ1) is 9.80. The van der Waals surface area contributed by atoms with Gasteiger partial charge in [0.1, 0.15) is 5.58 Å². The number of aromatic amines is 1. The minimum atomic E-state index is 0.233. The third kappa shape index (κ3) is 1.60. The average molecular weight is 297 g/mol. The first-order valence-corrected chi connectivity index (χ1v) is 5.67. The van der Waals surface area contributed by atoms with Crippen LogP contribution in [-0.2, 0) is 0 Å². The molecule has 80 valence electrons. The molecule has 0 amide bonds. The highest BCUT2D eigenvalue weighted by Crippen LogP contribution is 2.28. The van der Waals surface area contributed by atoms with Crippen LogP contribution in [0.5, 0.6) is 0 Å². The second-order valence-corrected chi connectivity index (χ2v) is 4.50. The molecule has 2 heterocycles. The molecule has 6 heteroatoms. The van der Waals surface area contributed by atoms with Crippen molar-refractivity contribution >= 4 is 39.1 Å². The summed E-state index contributed by atoms with van der Waals surface area (Å²) in [5, 5.41) is 7.43. The highest BCUT2D eigenvalue weighted by Gasteiger charge is 2.10. The van der Waals surface area contributed by atoms with Gasteiger partial charge < -0.3 is 8.83 Å². The summed E-state index contributed by atoms with van der Waals surface area (Å²) in [6.45, 7) is 0. The van der Waals surface area contributed by atoms with E-state index in [1.807, 2.05) is 24.3 Å². The third-order valence-corrected chi connectivity index (χ3v) is 2.80. The minimum absolute atomic E-state index is 0.233. The van der Waals surface area contributed by atoms with E-state index < -0.39 is 0 Å². The molecule has 0 aliphatic heterocycles. The quantitative estimate of drug-likeness (QED) is 0.692. The predicted molar refractivity (Wildman–Crippen MR) is 64.6 cm³/mol. The number of halogens is 1. The Balaban J connectivity index is 2.22. The second-order valence-electron chi connectivity index (χ2n) is 3.21. The molecule has 0 fully saturated rings. The fourth-order valence-electron chi connectivity index (χ4n) is 1.45. The fourth-order valence-corrected chi connectivity index (χ4v) is 1.96. The van der Waals surface area contributed by atoms with Gasteiger partial charge in [-0.2, -0.15) is 0 Å². The molecule has 3 aromatic rings. The van der Waals surface area contributed by atoms with Crippen molar-refractivity contribution in [2.75, 3.05) is 0 Å². The van der Waals surface area contributed by atoms with E-state index >= 15 is 0 Å². The lowest BCUT2D eigenvalue weighted by Gasteiger charge is -1.87. The molecule has 0 aliphatic rings. The van der Waals surface area contributed by atoms with Crippen molar-refractivity contribution in [3.63, 3.8) is 0 Å². The number of fused-ring (bicyclic) bond motifs is 1. The Morgan fingerprint density at radius 1 is 1.25 bits per heavy atom. The van der Waals surface area contributed by atoms with Gasteiger partial charge in [0.05, 0.1) is 0 Å². The van der Waals surface area contributed by atoms with Crippen LogP contribution in [0, 0.1) is 4.84 Å². The Labute approximate surface area is 103 Å². The van der Waals surface area contributed by atoms with Gasteiger partial charge in [-0.3, -0.25) is 0 Å². The highest BCUT2D eigenvalue weighted by molar-refractivity contribution is 9.10. The number of hydrogen-bond donors (Lipinski definition) is 1. The van der Waals surface area contributed by atoms with Crippen LogP contribution in [0.25, 0.3) is 22.6 Å². The van der Waals surface area contributed by atoms with Crippen LogP contribution in [0.3, 0.4) is 0 Å². The van der Waals surface area contributed by atoms with Crippen LogP contribution in [-0.4, -0.2) is 10.2 Å². The molecule has 4 nitrogen and oxygen atoms in total. The number of furan rings is 1. The van der Waals surface area contributed by atoms with E-state index in [2.05, 4.69) is 26.1 Å². The SMILES string of the molecule is S=c1[nH]nc(-c2cc3cc(Br)ccc3o2)o1. The number of rotatable bonds is 1. The molecule has 1 aromatic carbocycles. The summed E-state index contributed by atoms with van der Waals surface area (Å²) in [4.78, 5) is 0.233. The van der Waals surface area contributed by atoms with Crippen molar-refractivity contribution < 1.29 is 8.83 Å². The molecule has 0 spiro atoms. The zero-order valence-electron chi connectivity index (χ0n) is 7.86. The van der Waals surface area contributed by atoms with Crippen molar-refractivity contribution in [2.45, 2.75) is 0 Å². The maximum absolute atomic E-state index is 5.58. The normalized spacial score (nSPS) is 11.1. The smallest absolute Gasteiger partial charge is 0.284 e. The molecule has 0 aliphatic carbocycles. The lowest BCUT2D eigenvalue weighted by Crippen LogP contribution is -1.71. The molecule has 16 heavy (non-hydrogen) atoms. The second kappa shape index (κ2) is 3.57. The Morgan fingerprint density at radius 2 is 2.12 bits per heavy atom. The van der Waals surface area contributed by atoms with Gasteiger partial charge in [-0.15, -0.1) is 5.10 Å². The average Bonchev–Trinajstić information content (AvgIpc) is 2.83. The maximum atomic E-state index is 5.58. The van der Waals surface area contributed by atoms with Gasteiger partial charge in [0.25, 0.3) is 10.7 Å². The molecular weight excluding hydrogens is 292 g/mol. The summed E-state index contributed by atoms with van der Waals surface area (Å²) in [5.74, 6) is 0.915. The van der Waals surface area contributed by atoms with E-state index in [4.69, 9.17) is 21.1 Å². The van der Waals surface area contributed by atoms with Gasteiger partial charge in [-0.05, 0) is 36.5 Å². The van der Waals surface area contributed by atoms with Crippen LogP contribution >= 0.6 is 28.1 Å². The summed E-state index contributed by atoms with van der Waals surface area (Å²) in [5.41, 5.74) is 0.780. The topological polar surface area (TPSA) is 55.0 Å². The Kier molecular flexibility index (Phi) is 2.19. The molecule has 0 radical (unpaired) electrons. The molecule has 3 rings (SSSR count). The number of nitrogens with zero attached hydrogens (tertiary/aromatic N) is 1. The zero-order chi connectivity index (χ0) is 11.1. The Hall–Kier alpha value is -1.40. The first-order valence-electron chi connectivity index (χ1n) is 4.47. The van der Waals surface area contributed by atoms with Gasteiger partial charge in [0, 0.05) is 9.86 Å². The molecule has 0 saturated heterocycles. The summed E-state index contributed by atoms with van der Waals surface area (Å²) in [7, 11) is 0. The first-order chi connectivity index (χ1) is 7.72. The number of aromatic nitrogens is 2. The number of nitrogens with one attached hydrogen (secondary N) is 1. The predicted octanol–water partition coefficient (Wildman–Crippen LogP) is 3.91. The third-order valence-electron chi connectivity index (χ3n) is 2.13. The number of H-pyrrole nitrogens is 1. The van der Waals surface area contributed by atoms with E-state index in [9.17, 15) is 0 Å². The summed E-state index contributed by atoms with van der Waals surface area (Å²) in [6.07, 6.45) is 0. The van der Waals surface area contributed by atoms with E-state index in [-0.39, 0.29) is 4.84 Å². The highest BCUT2D eigenvalue weighted by atomic mass is 79.9. The maximum Gasteiger partial charge on any atom is 0.284 e. The summed E-state index contributed by atoms with van der Waals surface area (Å²) in [6, 6.07) is 7.61. The van der Waals surface area contributed by atoms with E-state index in [0.29, 0.717) is 11.7 Å². The molecule has 2 aromatic heterocycles. The van der Waals surface area contributed by atoms with E-state index in [1.54, 1.807) is 0 Å². The van der Waals surface area contributed by atoms with Crippen molar-refractivity contribution in [1.29, 1.82) is 0 Å². The Bertz CT molecular complexity index is 713. The molecule has 0 bridgehead atoms. The van der Waals surface area contributed by atoms with E-state index in [0.717, 1.165) is 15.4 Å². The molecule has 0 atom stereocenters. The molecule has 0 unspecified atom stereocenters. The van der Waals surface area contributed by atoms with Gasteiger partial charge in [-0.1, -0.05) is 15.9 Å². The van der Waals surface area contributed by atoms with Gasteiger partial charge in [-0.25, -0.2) is 5.10 Å². The zero-order valence-corrected chi connectivity index (χ0v) is 10.3. The summed E-state index contributed by atoms with van der Waals surface area (Å²) < 4.78 is 11.7. The minimum Gasteiger partial charge on any atom is -0.451 e. The van der Waals surface area contributed by atoms with Gasteiger partial charge in [0.2, 0.25) is 0 Å². The van der Waals surface area contributed by atoms with Crippen molar-refractivity contribution in [1.82, 2.24) is 10.2 Å². The van der Waals surface area contributed by atoms with Crippen LogP contribution in [0.2, 0.25) is 0 Å². The summed E-state index contributed by atoms with van der Waals surface area (Å²) >= 11 is 8.20. The molecule has 1 N–H and O–H groups in total. The van der Waals surface area contributed by atoms with E-state index in [1.165, 1.54) is 0 Å². The van der Waals surface area contributed by atoms with Crippen LogP contribution in [0.4, 0.5) is 0 Å². The van der Waals surface area contributed by atoms with Gasteiger partial charge >= 0.3 is 0 Å². The van der Waals surface area contributed by atoms with Crippen LogP contribution < -0.4 is 0 Å². The Morgan fingerprint density at radius 3 is 2.88 bits per heavy atom. The standard InChI is InChI=1S/C10H5BrN2O2S/c11-6-1-2-7-5(3-6)4-8(14-7)9-12-13-10(16)15-9/h1-4H,(H,13,16). The van der Waals surface area contributed by atoms with Gasteiger partial charge in [0.15, 0.2) is 5.76 Å². The fraction of sp³-hybridized carbons (Fsp3) is 0. The van der Waals surface area contributed by atoms with Crippen LogP contribution in [0.1, 0.15) is 0 Å². The lowest BCUT2D eigenvalue weighted by molar-refractivity contribution is 0.520.